The SMILES string of the molecule is COc1ccc(C(=O)N2CCN(S(=O)(=O)c3cc(C)ccc3C)CC2)cc1[N+](=O)[O-]. The maximum atomic E-state index is 13.0. The van der Waals surface area contributed by atoms with Crippen molar-refractivity contribution in [3.8, 4) is 5.75 Å². The molecule has 1 fully saturated rings. The van der Waals surface area contributed by atoms with E-state index in [9.17, 15) is 23.3 Å². The summed E-state index contributed by atoms with van der Waals surface area (Å²) in [5.41, 5.74) is 1.39. The summed E-state index contributed by atoms with van der Waals surface area (Å²) in [7, 11) is -2.35. The van der Waals surface area contributed by atoms with Gasteiger partial charge in [0.15, 0.2) is 5.75 Å². The number of amides is 1. The van der Waals surface area contributed by atoms with Gasteiger partial charge in [-0.3, -0.25) is 14.9 Å². The molecule has 1 amide bonds. The van der Waals surface area contributed by atoms with Gasteiger partial charge in [-0.15, -0.1) is 0 Å². The van der Waals surface area contributed by atoms with Gasteiger partial charge in [0.1, 0.15) is 0 Å². The van der Waals surface area contributed by atoms with Gasteiger partial charge in [-0.05, 0) is 43.2 Å². The summed E-state index contributed by atoms with van der Waals surface area (Å²) in [6.07, 6.45) is 0. The van der Waals surface area contributed by atoms with Crippen LogP contribution in [-0.2, 0) is 10.0 Å². The highest BCUT2D eigenvalue weighted by Gasteiger charge is 2.32. The average Bonchev–Trinajstić information content (AvgIpc) is 2.74. The second-order valence-corrected chi connectivity index (χ2v) is 9.02. The van der Waals surface area contributed by atoms with Crippen molar-refractivity contribution in [1.82, 2.24) is 9.21 Å². The minimum absolute atomic E-state index is 0.0704. The molecule has 0 radical (unpaired) electrons. The number of piperazine rings is 1. The number of hydrogen-bond donors (Lipinski definition) is 0. The summed E-state index contributed by atoms with van der Waals surface area (Å²) in [6.45, 7) is 4.29. The highest BCUT2D eigenvalue weighted by atomic mass is 32.2. The van der Waals surface area contributed by atoms with E-state index < -0.39 is 14.9 Å². The Labute approximate surface area is 175 Å². The van der Waals surface area contributed by atoms with Crippen LogP contribution in [0.1, 0.15) is 21.5 Å². The van der Waals surface area contributed by atoms with Crippen molar-refractivity contribution in [3.05, 3.63) is 63.2 Å². The maximum absolute atomic E-state index is 13.0. The molecule has 1 heterocycles. The number of ether oxygens (including phenoxy) is 1. The first-order valence-electron chi connectivity index (χ1n) is 9.34. The normalized spacial score (nSPS) is 15.1. The molecule has 1 saturated heterocycles. The van der Waals surface area contributed by atoms with Gasteiger partial charge in [-0.25, -0.2) is 8.42 Å². The number of carbonyl (C=O) groups is 1. The van der Waals surface area contributed by atoms with E-state index in [0.717, 1.165) is 5.56 Å². The van der Waals surface area contributed by atoms with E-state index in [1.165, 1.54) is 34.5 Å². The Balaban J connectivity index is 1.75. The Morgan fingerprint density at radius 1 is 1.07 bits per heavy atom. The van der Waals surface area contributed by atoms with Gasteiger partial charge in [0.05, 0.1) is 16.9 Å². The lowest BCUT2D eigenvalue weighted by Gasteiger charge is -2.34. The molecule has 0 unspecified atom stereocenters. The molecular weight excluding hydrogens is 410 g/mol. The summed E-state index contributed by atoms with van der Waals surface area (Å²) in [4.78, 5) is 25.2. The number of carbonyl (C=O) groups excluding carboxylic acids is 1. The fourth-order valence-corrected chi connectivity index (χ4v) is 5.14. The number of nitro groups is 1. The molecule has 1 aliphatic heterocycles. The second-order valence-electron chi connectivity index (χ2n) is 7.11. The molecule has 0 N–H and O–H groups in total. The number of rotatable bonds is 5. The zero-order chi connectivity index (χ0) is 22.1. The van der Waals surface area contributed by atoms with Crippen LogP contribution >= 0.6 is 0 Å². The van der Waals surface area contributed by atoms with E-state index >= 15 is 0 Å². The molecule has 0 spiro atoms. The van der Waals surface area contributed by atoms with Crippen molar-refractivity contribution in [1.29, 1.82) is 0 Å². The number of benzene rings is 2. The third-order valence-corrected chi connectivity index (χ3v) is 7.15. The molecule has 0 saturated carbocycles. The first kappa shape index (κ1) is 21.7. The molecule has 0 atom stereocenters. The van der Waals surface area contributed by atoms with E-state index in [0.29, 0.717) is 5.56 Å². The smallest absolute Gasteiger partial charge is 0.311 e. The van der Waals surface area contributed by atoms with Crippen molar-refractivity contribution in [3.63, 3.8) is 0 Å². The van der Waals surface area contributed by atoms with Crippen LogP contribution in [0.3, 0.4) is 0 Å². The van der Waals surface area contributed by atoms with Gasteiger partial charge in [0.2, 0.25) is 10.0 Å². The molecule has 0 aliphatic carbocycles. The Kier molecular flexibility index (Phi) is 6.09. The quantitative estimate of drug-likeness (QED) is 0.529. The van der Waals surface area contributed by atoms with Gasteiger partial charge >= 0.3 is 5.69 Å². The minimum Gasteiger partial charge on any atom is -0.490 e. The van der Waals surface area contributed by atoms with Gasteiger partial charge in [0.25, 0.3) is 5.91 Å². The number of hydrogen-bond acceptors (Lipinski definition) is 6. The highest BCUT2D eigenvalue weighted by Crippen LogP contribution is 2.28. The lowest BCUT2D eigenvalue weighted by molar-refractivity contribution is -0.385. The molecule has 1 aliphatic rings. The van der Waals surface area contributed by atoms with Crippen LogP contribution in [0.25, 0.3) is 0 Å². The lowest BCUT2D eigenvalue weighted by atomic mass is 10.1. The van der Waals surface area contributed by atoms with Crippen LogP contribution in [0.4, 0.5) is 5.69 Å². The molecule has 9 nitrogen and oxygen atoms in total. The molecule has 2 aromatic rings. The van der Waals surface area contributed by atoms with E-state index in [2.05, 4.69) is 0 Å². The number of methoxy groups -OCH3 is 1. The third kappa shape index (κ3) is 4.14. The molecule has 10 heteroatoms. The van der Waals surface area contributed by atoms with Crippen LogP contribution in [0.15, 0.2) is 41.3 Å². The number of nitro benzene ring substituents is 1. The molecule has 2 aromatic carbocycles. The zero-order valence-corrected chi connectivity index (χ0v) is 17.8. The molecule has 3 rings (SSSR count). The molecule has 0 bridgehead atoms. The summed E-state index contributed by atoms with van der Waals surface area (Å²) in [5, 5.41) is 11.2. The molecule has 30 heavy (non-hydrogen) atoms. The van der Waals surface area contributed by atoms with Gasteiger partial charge in [-0.1, -0.05) is 12.1 Å². The highest BCUT2D eigenvalue weighted by molar-refractivity contribution is 7.89. The lowest BCUT2D eigenvalue weighted by Crippen LogP contribution is -2.50. The predicted molar refractivity (Wildman–Crippen MR) is 110 cm³/mol. The minimum atomic E-state index is -3.67. The van der Waals surface area contributed by atoms with E-state index in [1.807, 2.05) is 13.0 Å². The van der Waals surface area contributed by atoms with Crippen molar-refractivity contribution in [2.75, 3.05) is 33.3 Å². The number of nitrogens with zero attached hydrogens (tertiary/aromatic N) is 3. The van der Waals surface area contributed by atoms with Crippen LogP contribution in [0.5, 0.6) is 5.75 Å². The summed E-state index contributed by atoms with van der Waals surface area (Å²) in [5.74, 6) is -0.314. The van der Waals surface area contributed by atoms with Crippen molar-refractivity contribution in [2.24, 2.45) is 0 Å². The number of sulfonamides is 1. The van der Waals surface area contributed by atoms with Crippen molar-refractivity contribution in [2.45, 2.75) is 18.7 Å². The Morgan fingerprint density at radius 3 is 2.33 bits per heavy atom. The largest absolute Gasteiger partial charge is 0.490 e. The van der Waals surface area contributed by atoms with Gasteiger partial charge in [-0.2, -0.15) is 4.31 Å². The summed E-state index contributed by atoms with van der Waals surface area (Å²) >= 11 is 0. The molecule has 160 valence electrons. The first-order valence-corrected chi connectivity index (χ1v) is 10.8. The Hall–Kier alpha value is -2.98. The third-order valence-electron chi connectivity index (χ3n) is 5.11. The van der Waals surface area contributed by atoms with E-state index in [4.69, 9.17) is 4.74 Å². The molecule has 0 aromatic heterocycles. The predicted octanol–water partition coefficient (Wildman–Crippen LogP) is 2.37. The van der Waals surface area contributed by atoms with Crippen LogP contribution in [-0.4, -0.2) is 61.7 Å². The fourth-order valence-electron chi connectivity index (χ4n) is 3.40. The van der Waals surface area contributed by atoms with E-state index in [1.54, 1.807) is 19.1 Å². The average molecular weight is 433 g/mol. The Bertz CT molecular complexity index is 1090. The van der Waals surface area contributed by atoms with Gasteiger partial charge in [0, 0.05) is 37.8 Å². The van der Waals surface area contributed by atoms with Crippen LogP contribution < -0.4 is 4.74 Å². The maximum Gasteiger partial charge on any atom is 0.311 e. The van der Waals surface area contributed by atoms with Gasteiger partial charge < -0.3 is 9.64 Å². The second kappa shape index (κ2) is 8.41. The zero-order valence-electron chi connectivity index (χ0n) is 17.0. The van der Waals surface area contributed by atoms with E-state index in [-0.39, 0.29) is 54.0 Å². The monoisotopic (exact) mass is 433 g/mol. The van der Waals surface area contributed by atoms with Crippen molar-refractivity contribution >= 4 is 21.6 Å². The summed E-state index contributed by atoms with van der Waals surface area (Å²) in [6, 6.07) is 9.32. The van der Waals surface area contributed by atoms with Crippen LogP contribution in [0, 0.1) is 24.0 Å². The first-order chi connectivity index (χ1) is 14.1. The fraction of sp³-hybridized carbons (Fsp3) is 0.350. The summed E-state index contributed by atoms with van der Waals surface area (Å²) < 4.78 is 32.4. The van der Waals surface area contributed by atoms with Crippen molar-refractivity contribution < 1.29 is 22.9 Å². The number of aryl methyl sites for hydroxylation is 2. The Morgan fingerprint density at radius 2 is 1.73 bits per heavy atom. The standard InChI is InChI=1S/C20H23N3O6S/c1-14-4-5-15(2)19(12-14)30(27,28)22-10-8-21(9-11-22)20(24)16-6-7-18(29-3)17(13-16)23(25)26/h4-7,12-13H,8-11H2,1-3H3. The van der Waals surface area contributed by atoms with Crippen LogP contribution in [0.2, 0.25) is 0 Å². The topological polar surface area (TPSA) is 110 Å². The molecular formula is C20H23N3O6S.